The van der Waals surface area contributed by atoms with Crippen LogP contribution in [0, 0.1) is 4.91 Å². The molecule has 0 atom stereocenters. The van der Waals surface area contributed by atoms with Gasteiger partial charge in [0.05, 0.1) is 6.61 Å². The van der Waals surface area contributed by atoms with E-state index in [1.807, 2.05) is 6.07 Å². The number of nitroso groups, excluding NO2 is 1. The average Bonchev–Trinajstić information content (AvgIpc) is 2.98. The fourth-order valence-electron chi connectivity index (χ4n) is 3.01. The first-order chi connectivity index (χ1) is 11.7. The van der Waals surface area contributed by atoms with Crippen molar-refractivity contribution >= 4 is 5.69 Å². The van der Waals surface area contributed by atoms with E-state index in [1.165, 1.54) is 37.4 Å². The topological polar surface area (TPSA) is 74.8 Å². The van der Waals surface area contributed by atoms with E-state index in [4.69, 9.17) is 0 Å². The van der Waals surface area contributed by atoms with E-state index in [0.717, 1.165) is 24.1 Å². The van der Waals surface area contributed by atoms with Gasteiger partial charge in [-0.15, -0.1) is 4.91 Å². The van der Waals surface area contributed by atoms with Gasteiger partial charge in [-0.2, -0.15) is 0 Å². The number of aliphatic hydroxyl groups is 1. The Morgan fingerprint density at radius 1 is 1.08 bits per heavy atom. The predicted octanol–water partition coefficient (Wildman–Crippen LogP) is 4.76. The number of aryl methyl sites for hydroxylation is 1. The molecule has 2 N–H and O–H groups in total. The van der Waals surface area contributed by atoms with Crippen LogP contribution >= 0.6 is 0 Å². The number of phenols is 1. The van der Waals surface area contributed by atoms with Gasteiger partial charge in [-0.3, -0.25) is 0 Å². The smallest absolute Gasteiger partial charge is 0.150 e. The standard InChI is InChI=1S/C19H26N2O3/c1-2-3-4-5-6-7-16-9-10-18(21(16)12-13-22)15-8-11-19(23)17(14-15)20-24/h8-11,14,22-23H,2-7,12-13H2,1H3. The zero-order valence-electron chi connectivity index (χ0n) is 14.2. The van der Waals surface area contributed by atoms with E-state index in [1.54, 1.807) is 12.1 Å². The van der Waals surface area contributed by atoms with Crippen LogP contribution in [0.15, 0.2) is 35.5 Å². The molecule has 1 aromatic heterocycles. The lowest BCUT2D eigenvalue weighted by atomic mass is 10.1. The summed E-state index contributed by atoms with van der Waals surface area (Å²) in [5, 5.41) is 21.9. The summed E-state index contributed by atoms with van der Waals surface area (Å²) in [6.45, 7) is 2.78. The number of hydrogen-bond donors (Lipinski definition) is 2. The van der Waals surface area contributed by atoms with Crippen molar-refractivity contribution in [3.8, 4) is 17.0 Å². The van der Waals surface area contributed by atoms with E-state index in [2.05, 4.69) is 22.7 Å². The minimum absolute atomic E-state index is 0.0327. The van der Waals surface area contributed by atoms with Crippen molar-refractivity contribution in [1.82, 2.24) is 4.57 Å². The Labute approximate surface area is 142 Å². The zero-order valence-corrected chi connectivity index (χ0v) is 14.2. The first kappa shape index (κ1) is 18.2. The minimum Gasteiger partial charge on any atom is -0.506 e. The van der Waals surface area contributed by atoms with E-state index in [-0.39, 0.29) is 18.0 Å². The summed E-state index contributed by atoms with van der Waals surface area (Å²) in [5.74, 6) is -0.120. The lowest BCUT2D eigenvalue weighted by molar-refractivity contribution is 0.275. The van der Waals surface area contributed by atoms with Gasteiger partial charge < -0.3 is 14.8 Å². The number of phenolic OH excluding ortho intramolecular Hbond substituents is 1. The third-order valence-electron chi connectivity index (χ3n) is 4.30. The van der Waals surface area contributed by atoms with Crippen LogP contribution in [-0.4, -0.2) is 21.4 Å². The summed E-state index contributed by atoms with van der Waals surface area (Å²) in [4.78, 5) is 10.8. The highest BCUT2D eigenvalue weighted by Crippen LogP contribution is 2.32. The number of aromatic hydroxyl groups is 1. The summed E-state index contributed by atoms with van der Waals surface area (Å²) in [5.41, 5.74) is 2.96. The van der Waals surface area contributed by atoms with Crippen LogP contribution in [0.1, 0.15) is 44.7 Å². The van der Waals surface area contributed by atoms with Crippen molar-refractivity contribution in [2.75, 3.05) is 6.61 Å². The first-order valence-corrected chi connectivity index (χ1v) is 8.67. The quantitative estimate of drug-likeness (QED) is 0.487. The Morgan fingerprint density at radius 3 is 2.58 bits per heavy atom. The summed E-state index contributed by atoms with van der Waals surface area (Å²) in [6, 6.07) is 8.89. The van der Waals surface area contributed by atoms with Crippen LogP contribution in [0.4, 0.5) is 5.69 Å². The van der Waals surface area contributed by atoms with Crippen molar-refractivity contribution in [3.05, 3.63) is 40.9 Å². The lowest BCUT2D eigenvalue weighted by Gasteiger charge is -2.13. The SMILES string of the molecule is CCCCCCCc1ccc(-c2ccc(O)c(N=O)c2)n1CCO. The monoisotopic (exact) mass is 330 g/mol. The third-order valence-corrected chi connectivity index (χ3v) is 4.30. The van der Waals surface area contributed by atoms with Crippen LogP contribution in [0.3, 0.4) is 0 Å². The molecule has 5 heteroatoms. The fourth-order valence-corrected chi connectivity index (χ4v) is 3.01. The van der Waals surface area contributed by atoms with Gasteiger partial charge >= 0.3 is 0 Å². The molecule has 2 aromatic rings. The Kier molecular flexibility index (Phi) is 7.00. The number of hydrogen-bond acceptors (Lipinski definition) is 4. The normalized spacial score (nSPS) is 10.9. The molecule has 0 spiro atoms. The van der Waals surface area contributed by atoms with Crippen molar-refractivity contribution < 1.29 is 10.2 Å². The molecule has 0 amide bonds. The van der Waals surface area contributed by atoms with E-state index < -0.39 is 0 Å². The molecule has 0 aliphatic rings. The maximum Gasteiger partial charge on any atom is 0.150 e. The van der Waals surface area contributed by atoms with Gasteiger partial charge in [0.25, 0.3) is 0 Å². The second kappa shape index (κ2) is 9.23. The average molecular weight is 330 g/mol. The van der Waals surface area contributed by atoms with E-state index in [0.29, 0.717) is 6.54 Å². The van der Waals surface area contributed by atoms with Crippen LogP contribution < -0.4 is 0 Å². The molecule has 5 nitrogen and oxygen atoms in total. The molecule has 0 saturated heterocycles. The molecular formula is C19H26N2O3. The number of rotatable bonds is 10. The third kappa shape index (κ3) is 4.45. The number of nitrogens with zero attached hydrogens (tertiary/aromatic N) is 2. The molecule has 0 radical (unpaired) electrons. The Hall–Kier alpha value is -2.14. The highest BCUT2D eigenvalue weighted by Gasteiger charge is 2.12. The van der Waals surface area contributed by atoms with Crippen LogP contribution in [0.5, 0.6) is 5.75 Å². The molecular weight excluding hydrogens is 304 g/mol. The number of aromatic nitrogens is 1. The van der Waals surface area contributed by atoms with Crippen LogP contribution in [-0.2, 0) is 13.0 Å². The molecule has 1 heterocycles. The molecule has 1 aromatic carbocycles. The molecule has 0 saturated carbocycles. The summed E-state index contributed by atoms with van der Waals surface area (Å²) < 4.78 is 2.08. The summed E-state index contributed by atoms with van der Waals surface area (Å²) >= 11 is 0. The predicted molar refractivity (Wildman–Crippen MR) is 96.5 cm³/mol. The molecule has 0 aliphatic heterocycles. The van der Waals surface area contributed by atoms with Crippen molar-refractivity contribution in [2.45, 2.75) is 52.0 Å². The maximum absolute atomic E-state index is 10.8. The Bertz CT molecular complexity index is 665. The van der Waals surface area contributed by atoms with Gasteiger partial charge in [0.15, 0.2) is 0 Å². The number of benzene rings is 1. The van der Waals surface area contributed by atoms with Gasteiger partial charge in [-0.05, 0) is 48.4 Å². The van der Waals surface area contributed by atoms with Crippen molar-refractivity contribution in [3.63, 3.8) is 0 Å². The fraction of sp³-hybridized carbons (Fsp3) is 0.474. The molecule has 0 bridgehead atoms. The van der Waals surface area contributed by atoms with Gasteiger partial charge in [-0.1, -0.05) is 32.6 Å². The van der Waals surface area contributed by atoms with E-state index in [9.17, 15) is 15.1 Å². The van der Waals surface area contributed by atoms with Gasteiger partial charge in [0, 0.05) is 23.5 Å². The van der Waals surface area contributed by atoms with Gasteiger partial charge in [0.1, 0.15) is 11.4 Å². The van der Waals surface area contributed by atoms with Crippen molar-refractivity contribution in [1.29, 1.82) is 0 Å². The van der Waals surface area contributed by atoms with Crippen molar-refractivity contribution in [2.24, 2.45) is 5.18 Å². The van der Waals surface area contributed by atoms with Crippen LogP contribution in [0.2, 0.25) is 0 Å². The highest BCUT2D eigenvalue weighted by atomic mass is 16.3. The van der Waals surface area contributed by atoms with E-state index >= 15 is 0 Å². The summed E-state index contributed by atoms with van der Waals surface area (Å²) in [7, 11) is 0. The Morgan fingerprint density at radius 2 is 1.88 bits per heavy atom. The highest BCUT2D eigenvalue weighted by molar-refractivity contribution is 5.68. The van der Waals surface area contributed by atoms with Gasteiger partial charge in [0.2, 0.25) is 0 Å². The second-order valence-corrected chi connectivity index (χ2v) is 6.04. The minimum atomic E-state index is -0.120. The lowest BCUT2D eigenvalue weighted by Crippen LogP contribution is -2.08. The van der Waals surface area contributed by atoms with Crippen LogP contribution in [0.25, 0.3) is 11.3 Å². The Balaban J connectivity index is 2.19. The largest absolute Gasteiger partial charge is 0.506 e. The zero-order chi connectivity index (χ0) is 17.4. The van der Waals surface area contributed by atoms with Gasteiger partial charge in [-0.25, -0.2) is 0 Å². The molecule has 0 fully saturated rings. The molecule has 0 unspecified atom stereocenters. The molecule has 130 valence electrons. The molecule has 0 aliphatic carbocycles. The molecule has 2 rings (SSSR count). The maximum atomic E-state index is 10.8. The first-order valence-electron chi connectivity index (χ1n) is 8.67. The number of unbranched alkanes of at least 4 members (excludes halogenated alkanes) is 4. The second-order valence-electron chi connectivity index (χ2n) is 6.04. The number of aliphatic hydroxyl groups excluding tert-OH is 1. The molecule has 24 heavy (non-hydrogen) atoms. The summed E-state index contributed by atoms with van der Waals surface area (Å²) in [6.07, 6.45) is 7.09.